The average Bonchev–Trinajstić information content (AvgIpc) is 2.91. The third-order valence-electron chi connectivity index (χ3n) is 4.29. The molecule has 0 radical (unpaired) electrons. The van der Waals surface area contributed by atoms with Gasteiger partial charge in [0.05, 0.1) is 12.0 Å². The van der Waals surface area contributed by atoms with Crippen LogP contribution in [-0.4, -0.2) is 40.2 Å². The first-order valence-corrected chi connectivity index (χ1v) is 8.82. The smallest absolute Gasteiger partial charge is 0.309 e. The number of aliphatic hydroxyl groups is 1. The van der Waals surface area contributed by atoms with Crippen LogP contribution in [0.15, 0.2) is 24.4 Å². The molecule has 1 aromatic heterocycles. The third kappa shape index (κ3) is 6.46. The molecule has 1 aliphatic rings. The highest BCUT2D eigenvalue weighted by molar-refractivity contribution is 5.76. The van der Waals surface area contributed by atoms with Crippen molar-refractivity contribution in [3.63, 3.8) is 0 Å². The van der Waals surface area contributed by atoms with Crippen molar-refractivity contribution >= 4 is 11.9 Å². The van der Waals surface area contributed by atoms with Gasteiger partial charge in [0.2, 0.25) is 5.91 Å². The van der Waals surface area contributed by atoms with E-state index in [0.29, 0.717) is 32.2 Å². The number of aliphatic hydroxyl groups excluding tert-OH is 1. The van der Waals surface area contributed by atoms with Gasteiger partial charge in [-0.25, -0.2) is 0 Å². The molecule has 1 fully saturated rings. The van der Waals surface area contributed by atoms with Gasteiger partial charge in [-0.3, -0.25) is 14.6 Å². The highest BCUT2D eigenvalue weighted by atomic mass is 16.6. The highest BCUT2D eigenvalue weighted by Gasteiger charge is 2.38. The molecule has 0 aromatic carbocycles. The number of carbonyl (C=O) groups excluding carboxylic acids is 2. The molecule has 6 heteroatoms. The van der Waals surface area contributed by atoms with Crippen molar-refractivity contribution < 1.29 is 19.4 Å². The molecule has 6 nitrogen and oxygen atoms in total. The Bertz CT molecular complexity index is 583. The van der Waals surface area contributed by atoms with Crippen LogP contribution in [0.3, 0.4) is 0 Å². The maximum Gasteiger partial charge on any atom is 0.309 e. The van der Waals surface area contributed by atoms with Crippen LogP contribution in [-0.2, 0) is 20.7 Å². The molecule has 0 bridgehead atoms. The Morgan fingerprint density at radius 1 is 1.32 bits per heavy atom. The zero-order valence-corrected chi connectivity index (χ0v) is 15.2. The van der Waals surface area contributed by atoms with Crippen molar-refractivity contribution in [3.8, 4) is 0 Å². The van der Waals surface area contributed by atoms with Gasteiger partial charge in [-0.2, -0.15) is 0 Å². The predicted molar refractivity (Wildman–Crippen MR) is 93.6 cm³/mol. The number of aryl methyl sites for hydroxylation is 1. The third-order valence-corrected chi connectivity index (χ3v) is 4.29. The van der Waals surface area contributed by atoms with Crippen LogP contribution in [0.1, 0.15) is 45.7 Å². The number of amides is 1. The molecule has 1 saturated carbocycles. The van der Waals surface area contributed by atoms with Crippen molar-refractivity contribution in [1.29, 1.82) is 0 Å². The summed E-state index contributed by atoms with van der Waals surface area (Å²) in [5, 5.41) is 13.0. The zero-order valence-electron chi connectivity index (χ0n) is 15.2. The van der Waals surface area contributed by atoms with E-state index in [9.17, 15) is 14.7 Å². The minimum Gasteiger partial charge on any atom is -0.460 e. The Labute approximate surface area is 149 Å². The van der Waals surface area contributed by atoms with Gasteiger partial charge < -0.3 is 15.2 Å². The number of carbonyl (C=O) groups is 2. The van der Waals surface area contributed by atoms with Crippen LogP contribution in [0.25, 0.3) is 0 Å². The number of rotatable bonds is 6. The summed E-state index contributed by atoms with van der Waals surface area (Å²) in [7, 11) is 0. The van der Waals surface area contributed by atoms with Crippen molar-refractivity contribution in [2.45, 2.75) is 58.2 Å². The lowest BCUT2D eigenvalue weighted by molar-refractivity contribution is -0.160. The molecule has 2 N–H and O–H groups in total. The van der Waals surface area contributed by atoms with E-state index in [4.69, 9.17) is 4.74 Å². The van der Waals surface area contributed by atoms with E-state index in [1.165, 1.54) is 0 Å². The molecule has 1 aliphatic carbocycles. The lowest BCUT2D eigenvalue weighted by Crippen LogP contribution is -2.32. The Balaban J connectivity index is 1.73. The number of nitrogens with one attached hydrogen (secondary N) is 1. The molecular formula is C19H28N2O4. The summed E-state index contributed by atoms with van der Waals surface area (Å²) in [5.74, 6) is -0.755. The first-order valence-electron chi connectivity index (χ1n) is 8.82. The van der Waals surface area contributed by atoms with Gasteiger partial charge >= 0.3 is 5.97 Å². The van der Waals surface area contributed by atoms with E-state index in [2.05, 4.69) is 10.3 Å². The second kappa shape index (κ2) is 8.43. The number of ether oxygens (including phenoxy) is 1. The van der Waals surface area contributed by atoms with Gasteiger partial charge in [0, 0.05) is 30.8 Å². The van der Waals surface area contributed by atoms with Gasteiger partial charge in [0.1, 0.15) is 5.60 Å². The Morgan fingerprint density at radius 3 is 2.72 bits per heavy atom. The van der Waals surface area contributed by atoms with Gasteiger partial charge in [0.25, 0.3) is 0 Å². The van der Waals surface area contributed by atoms with Crippen LogP contribution in [0.5, 0.6) is 0 Å². The molecule has 1 heterocycles. The van der Waals surface area contributed by atoms with Gasteiger partial charge in [0.15, 0.2) is 0 Å². The van der Waals surface area contributed by atoms with Crippen molar-refractivity contribution in [1.82, 2.24) is 10.3 Å². The fourth-order valence-electron chi connectivity index (χ4n) is 3.02. The molecule has 1 amide bonds. The van der Waals surface area contributed by atoms with E-state index >= 15 is 0 Å². The average molecular weight is 348 g/mol. The molecule has 3 atom stereocenters. The molecule has 25 heavy (non-hydrogen) atoms. The minimum absolute atomic E-state index is 0.0708. The van der Waals surface area contributed by atoms with Crippen LogP contribution in [0, 0.1) is 11.8 Å². The Kier molecular flexibility index (Phi) is 6.53. The monoisotopic (exact) mass is 348 g/mol. The van der Waals surface area contributed by atoms with E-state index in [-0.39, 0.29) is 23.7 Å². The maximum absolute atomic E-state index is 12.1. The fraction of sp³-hybridized carbons (Fsp3) is 0.632. The lowest BCUT2D eigenvalue weighted by Gasteiger charge is -2.22. The summed E-state index contributed by atoms with van der Waals surface area (Å²) in [4.78, 5) is 28.3. The van der Waals surface area contributed by atoms with E-state index in [1.807, 2.05) is 39.0 Å². The van der Waals surface area contributed by atoms with E-state index < -0.39 is 11.7 Å². The summed E-state index contributed by atoms with van der Waals surface area (Å²) in [6.07, 6.45) is 2.99. The Hall–Kier alpha value is -1.95. The molecule has 1 aromatic rings. The molecule has 2 rings (SSSR count). The van der Waals surface area contributed by atoms with Crippen LogP contribution in [0.2, 0.25) is 0 Å². The van der Waals surface area contributed by atoms with E-state index in [0.717, 1.165) is 5.69 Å². The standard InChI is InChI=1S/C19H28N2O4/c1-19(2,3)25-18(24)13-10-14(16(22)11-13)12-21-17(23)8-7-15-6-4-5-9-20-15/h4-6,9,13-14,16,22H,7-8,10-12H2,1-3H3,(H,21,23)/t13?,14-,16-/m1/s1. The predicted octanol–water partition coefficient (Wildman–Crippen LogP) is 1.86. The van der Waals surface area contributed by atoms with Crippen LogP contribution >= 0.6 is 0 Å². The topological polar surface area (TPSA) is 88.5 Å². The number of pyridine rings is 1. The molecule has 0 spiro atoms. The number of hydrogen-bond donors (Lipinski definition) is 2. The maximum atomic E-state index is 12.1. The first kappa shape index (κ1) is 19.4. The SMILES string of the molecule is CC(C)(C)OC(=O)C1C[C@H](CNC(=O)CCc2ccccn2)[C@H](O)C1. The lowest BCUT2D eigenvalue weighted by atomic mass is 10.0. The summed E-state index contributed by atoms with van der Waals surface area (Å²) in [6, 6.07) is 5.62. The Morgan fingerprint density at radius 2 is 2.08 bits per heavy atom. The summed E-state index contributed by atoms with van der Waals surface area (Å²) < 4.78 is 5.39. The normalized spacial score (nSPS) is 23.3. The molecule has 138 valence electrons. The molecular weight excluding hydrogens is 320 g/mol. The summed E-state index contributed by atoms with van der Waals surface area (Å²) >= 11 is 0. The summed E-state index contributed by atoms with van der Waals surface area (Å²) in [6.45, 7) is 5.86. The fourth-order valence-corrected chi connectivity index (χ4v) is 3.02. The molecule has 1 unspecified atom stereocenters. The van der Waals surface area contributed by atoms with Crippen LogP contribution < -0.4 is 5.32 Å². The summed E-state index contributed by atoms with van der Waals surface area (Å²) in [5.41, 5.74) is 0.350. The second-order valence-corrected chi connectivity index (χ2v) is 7.65. The number of hydrogen-bond acceptors (Lipinski definition) is 5. The largest absolute Gasteiger partial charge is 0.460 e. The number of aromatic nitrogens is 1. The quantitative estimate of drug-likeness (QED) is 0.766. The van der Waals surface area contributed by atoms with Gasteiger partial charge in [-0.15, -0.1) is 0 Å². The van der Waals surface area contributed by atoms with Gasteiger partial charge in [-0.05, 0) is 52.2 Å². The van der Waals surface area contributed by atoms with Crippen molar-refractivity contribution in [2.24, 2.45) is 11.8 Å². The number of esters is 1. The van der Waals surface area contributed by atoms with Crippen molar-refractivity contribution in [3.05, 3.63) is 30.1 Å². The minimum atomic E-state index is -0.589. The zero-order chi connectivity index (χ0) is 18.4. The van der Waals surface area contributed by atoms with Crippen molar-refractivity contribution in [2.75, 3.05) is 6.54 Å². The van der Waals surface area contributed by atoms with Crippen LogP contribution in [0.4, 0.5) is 0 Å². The number of nitrogens with zero attached hydrogens (tertiary/aromatic N) is 1. The first-order chi connectivity index (χ1) is 11.7. The molecule has 0 saturated heterocycles. The molecule has 0 aliphatic heterocycles. The second-order valence-electron chi connectivity index (χ2n) is 7.65. The van der Waals surface area contributed by atoms with Gasteiger partial charge in [-0.1, -0.05) is 6.07 Å². The van der Waals surface area contributed by atoms with E-state index in [1.54, 1.807) is 6.20 Å². The highest BCUT2D eigenvalue weighted by Crippen LogP contribution is 2.32.